The van der Waals surface area contributed by atoms with Crippen LogP contribution in [0.1, 0.15) is 30.9 Å². The van der Waals surface area contributed by atoms with E-state index in [2.05, 4.69) is 39.9 Å². The van der Waals surface area contributed by atoms with Crippen LogP contribution >= 0.6 is 49.6 Å². The molecule has 0 unspecified atom stereocenters. The third-order valence-corrected chi connectivity index (χ3v) is 8.87. The molecule has 0 N–H and O–H groups in total. The fourth-order valence-electron chi connectivity index (χ4n) is 6.42. The zero-order chi connectivity index (χ0) is 33.3. The van der Waals surface area contributed by atoms with Crippen molar-refractivity contribution in [2.24, 2.45) is 0 Å². The summed E-state index contributed by atoms with van der Waals surface area (Å²) in [5.74, 6) is 3.59. The van der Waals surface area contributed by atoms with E-state index in [9.17, 15) is 0 Å². The molecule has 14 heteroatoms. The molecule has 0 radical (unpaired) electrons. The van der Waals surface area contributed by atoms with Crippen LogP contribution in [0.15, 0.2) is 60.9 Å². The summed E-state index contributed by atoms with van der Waals surface area (Å²) in [4.78, 5) is 14.5. The molecule has 2 aromatic heterocycles. The average Bonchev–Trinajstić information content (AvgIpc) is 3.13. The van der Waals surface area contributed by atoms with Crippen molar-refractivity contribution in [2.45, 2.75) is 38.9 Å². The Morgan fingerprint density at radius 3 is 1.69 bits per heavy atom. The Morgan fingerprint density at radius 2 is 1.20 bits per heavy atom. The predicted molar refractivity (Wildman–Crippen MR) is 212 cm³/mol. The number of halogens is 4. The number of piperidine rings is 1. The van der Waals surface area contributed by atoms with Crippen molar-refractivity contribution in [2.75, 3.05) is 62.3 Å². The maximum absolute atomic E-state index is 5.61. The van der Waals surface area contributed by atoms with Crippen LogP contribution in [0, 0.1) is 0 Å². The summed E-state index contributed by atoms with van der Waals surface area (Å²) >= 11 is 0. The van der Waals surface area contributed by atoms with Gasteiger partial charge in [0.2, 0.25) is 11.5 Å². The Bertz CT molecular complexity index is 1610. The molecular weight excluding hydrogens is 738 g/mol. The number of rotatable bonds is 14. The topological polar surface area (TPSA) is 87.6 Å². The minimum atomic E-state index is 0. The zero-order valence-electron chi connectivity index (χ0n) is 30.2. The van der Waals surface area contributed by atoms with Crippen molar-refractivity contribution in [3.63, 3.8) is 0 Å². The number of nitrogens with zero attached hydrogens (tertiary/aromatic N) is 4. The van der Waals surface area contributed by atoms with E-state index in [-0.39, 0.29) is 49.6 Å². The minimum absolute atomic E-state index is 0. The van der Waals surface area contributed by atoms with Crippen LogP contribution in [0.25, 0.3) is 22.5 Å². The summed E-state index contributed by atoms with van der Waals surface area (Å²) in [6.07, 6.45) is 5.90. The lowest BCUT2D eigenvalue weighted by Gasteiger charge is -2.38. The summed E-state index contributed by atoms with van der Waals surface area (Å²) in [5, 5.41) is 0. The molecule has 3 heterocycles. The number of pyridine rings is 2. The van der Waals surface area contributed by atoms with Crippen molar-refractivity contribution >= 4 is 49.6 Å². The van der Waals surface area contributed by atoms with E-state index >= 15 is 0 Å². The van der Waals surface area contributed by atoms with Gasteiger partial charge in [0.15, 0.2) is 23.0 Å². The van der Waals surface area contributed by atoms with Gasteiger partial charge < -0.3 is 28.4 Å². The van der Waals surface area contributed by atoms with Crippen molar-refractivity contribution in [3.8, 4) is 57.0 Å². The highest BCUT2D eigenvalue weighted by Crippen LogP contribution is 2.42. The number of methoxy groups -OCH3 is 6. The number of ether oxygens (including phenoxy) is 6. The van der Waals surface area contributed by atoms with Crippen LogP contribution < -0.4 is 28.4 Å². The molecule has 2 aromatic carbocycles. The van der Waals surface area contributed by atoms with Crippen molar-refractivity contribution in [3.05, 3.63) is 72.1 Å². The summed E-state index contributed by atoms with van der Waals surface area (Å²) in [5.41, 5.74) is 6.03. The van der Waals surface area contributed by atoms with Crippen molar-refractivity contribution in [1.82, 2.24) is 19.8 Å². The first-order valence-electron chi connectivity index (χ1n) is 15.9. The molecule has 4 aromatic rings. The first-order chi connectivity index (χ1) is 23.0. The molecule has 0 bridgehead atoms. The monoisotopic (exact) mass is 786 g/mol. The van der Waals surface area contributed by atoms with E-state index < -0.39 is 0 Å². The number of hydrogen-bond acceptors (Lipinski definition) is 10. The van der Waals surface area contributed by atoms with Gasteiger partial charge >= 0.3 is 0 Å². The lowest BCUT2D eigenvalue weighted by atomic mass is 10.00. The minimum Gasteiger partial charge on any atom is -0.493 e. The van der Waals surface area contributed by atoms with Gasteiger partial charge in [-0.2, -0.15) is 0 Å². The van der Waals surface area contributed by atoms with Crippen LogP contribution in [0.4, 0.5) is 0 Å². The van der Waals surface area contributed by atoms with Gasteiger partial charge in [0, 0.05) is 42.7 Å². The first-order valence-corrected chi connectivity index (χ1v) is 15.9. The molecule has 0 atom stereocenters. The van der Waals surface area contributed by atoms with E-state index in [1.165, 1.54) is 11.1 Å². The van der Waals surface area contributed by atoms with Crippen LogP contribution in [0.2, 0.25) is 0 Å². The van der Waals surface area contributed by atoms with Gasteiger partial charge in [-0.15, -0.1) is 49.6 Å². The smallest absolute Gasteiger partial charge is 0.203 e. The molecule has 0 aliphatic carbocycles. The largest absolute Gasteiger partial charge is 0.493 e. The summed E-state index contributed by atoms with van der Waals surface area (Å²) in [6.45, 7) is 6.92. The van der Waals surface area contributed by atoms with Crippen LogP contribution in [-0.4, -0.2) is 88.1 Å². The second kappa shape index (κ2) is 21.9. The number of aromatic nitrogens is 2. The summed E-state index contributed by atoms with van der Waals surface area (Å²) < 4.78 is 33.4. The maximum atomic E-state index is 5.61. The van der Waals surface area contributed by atoms with Gasteiger partial charge in [-0.1, -0.05) is 13.0 Å². The van der Waals surface area contributed by atoms with E-state index in [1.807, 2.05) is 42.7 Å². The Labute approximate surface area is 326 Å². The fraction of sp³-hybridized carbons (Fsp3) is 0.405. The third-order valence-electron chi connectivity index (χ3n) is 8.87. The summed E-state index contributed by atoms with van der Waals surface area (Å²) in [7, 11) is 9.74. The van der Waals surface area contributed by atoms with Gasteiger partial charge in [-0.3, -0.25) is 19.8 Å². The molecule has 282 valence electrons. The quantitative estimate of drug-likeness (QED) is 0.125. The Balaban J connectivity index is 0.00000325. The SMILES string of the molecule is CCN(Cc1ccnc(-c2cc(OC)c(OC)c(OC)c2)c1)C1CCN(Cc2cccnc2-c2cc(OC)c(OC)c(OC)c2)CC1.Cl.Cl.Cl.Cl. The van der Waals surface area contributed by atoms with Gasteiger partial charge in [0.1, 0.15) is 0 Å². The molecule has 1 fully saturated rings. The van der Waals surface area contributed by atoms with Gasteiger partial charge in [-0.25, -0.2) is 0 Å². The standard InChI is InChI=1S/C37H46N4O6.4ClH/c1-8-41(23-25-11-15-38-30(18-25)27-19-31(42-2)36(46-6)32(20-27)43-3)29-12-16-40(17-13-29)24-26-10-9-14-39-35(26)28-21-33(44-4)37(47-7)34(22-28)45-5;;;;/h9-11,14-15,18-22,29H,8,12-13,16-17,23-24H2,1-7H3;4*1H. The highest BCUT2D eigenvalue weighted by molar-refractivity contribution is 5.86. The highest BCUT2D eigenvalue weighted by Gasteiger charge is 2.25. The van der Waals surface area contributed by atoms with E-state index in [4.69, 9.17) is 33.4 Å². The number of benzene rings is 2. The molecule has 1 saturated heterocycles. The predicted octanol–water partition coefficient (Wildman–Crippen LogP) is 8.04. The molecule has 5 rings (SSSR count). The summed E-state index contributed by atoms with van der Waals surface area (Å²) in [6, 6.07) is 16.7. The number of hydrogen-bond donors (Lipinski definition) is 0. The Kier molecular flexibility index (Phi) is 19.6. The second-order valence-electron chi connectivity index (χ2n) is 11.5. The average molecular weight is 789 g/mol. The molecule has 1 aliphatic heterocycles. The van der Waals surface area contributed by atoms with Crippen LogP contribution in [-0.2, 0) is 13.1 Å². The van der Waals surface area contributed by atoms with Crippen molar-refractivity contribution in [1.29, 1.82) is 0 Å². The number of likely N-dealkylation sites (tertiary alicyclic amines) is 1. The molecular formula is C37H50Cl4N4O6. The molecule has 1 aliphatic rings. The molecule has 10 nitrogen and oxygen atoms in total. The molecule has 0 spiro atoms. The lowest BCUT2D eigenvalue weighted by molar-refractivity contribution is 0.103. The molecule has 0 saturated carbocycles. The Morgan fingerprint density at radius 1 is 0.667 bits per heavy atom. The normalized spacial score (nSPS) is 12.7. The van der Waals surface area contributed by atoms with Gasteiger partial charge in [0.05, 0.1) is 54.0 Å². The van der Waals surface area contributed by atoms with E-state index in [0.29, 0.717) is 40.5 Å². The van der Waals surface area contributed by atoms with Gasteiger partial charge in [-0.05, 0) is 86.1 Å². The van der Waals surface area contributed by atoms with E-state index in [0.717, 1.165) is 68.1 Å². The van der Waals surface area contributed by atoms with Crippen LogP contribution in [0.3, 0.4) is 0 Å². The highest BCUT2D eigenvalue weighted by atomic mass is 35.5. The molecule has 0 amide bonds. The van der Waals surface area contributed by atoms with Crippen LogP contribution in [0.5, 0.6) is 34.5 Å². The zero-order valence-corrected chi connectivity index (χ0v) is 33.4. The van der Waals surface area contributed by atoms with Gasteiger partial charge in [0.25, 0.3) is 0 Å². The first kappa shape index (κ1) is 45.6. The Hall–Kier alpha value is -3.38. The van der Waals surface area contributed by atoms with E-state index in [1.54, 1.807) is 42.7 Å². The van der Waals surface area contributed by atoms with Crippen molar-refractivity contribution < 1.29 is 28.4 Å². The third kappa shape index (κ3) is 10.6. The maximum Gasteiger partial charge on any atom is 0.203 e. The second-order valence-corrected chi connectivity index (χ2v) is 11.5. The molecule has 51 heavy (non-hydrogen) atoms. The lowest BCUT2D eigenvalue weighted by Crippen LogP contribution is -2.44. The fourth-order valence-corrected chi connectivity index (χ4v) is 6.42.